The predicted molar refractivity (Wildman–Crippen MR) is 42.1 cm³/mol. The highest BCUT2D eigenvalue weighted by Gasteiger charge is 1.95. The quantitative estimate of drug-likeness (QED) is 0.561. The number of nitrogens with zero attached hydrogens (tertiary/aromatic N) is 3. The fourth-order valence-corrected chi connectivity index (χ4v) is 1.04. The van der Waals surface area contributed by atoms with Crippen LogP contribution in [0.2, 0.25) is 0 Å². The molecule has 0 unspecified atom stereocenters. The zero-order valence-corrected chi connectivity index (χ0v) is 6.15. The SMILES string of the molecule is Cc1ncnc2cnccc12. The Labute approximate surface area is 64.1 Å². The lowest BCUT2D eigenvalue weighted by Crippen LogP contribution is -1.86. The number of hydrogen-bond donors (Lipinski definition) is 0. The summed E-state index contributed by atoms with van der Waals surface area (Å²) in [7, 11) is 0. The van der Waals surface area contributed by atoms with E-state index in [9.17, 15) is 0 Å². The zero-order valence-electron chi connectivity index (χ0n) is 6.15. The van der Waals surface area contributed by atoms with E-state index < -0.39 is 0 Å². The van der Waals surface area contributed by atoms with Gasteiger partial charge in [0.15, 0.2) is 0 Å². The minimum absolute atomic E-state index is 0.903. The van der Waals surface area contributed by atoms with Gasteiger partial charge >= 0.3 is 0 Å². The topological polar surface area (TPSA) is 38.7 Å². The van der Waals surface area contributed by atoms with E-state index in [1.54, 1.807) is 18.7 Å². The van der Waals surface area contributed by atoms with Crippen molar-refractivity contribution in [3.05, 3.63) is 30.5 Å². The molecule has 0 atom stereocenters. The van der Waals surface area contributed by atoms with Crippen molar-refractivity contribution < 1.29 is 0 Å². The number of rotatable bonds is 0. The summed E-state index contributed by atoms with van der Waals surface area (Å²) in [5.41, 5.74) is 1.90. The van der Waals surface area contributed by atoms with Crippen LogP contribution in [0, 0.1) is 6.92 Å². The Balaban J connectivity index is 2.91. The van der Waals surface area contributed by atoms with Crippen molar-refractivity contribution in [2.75, 3.05) is 0 Å². The number of hydrogen-bond acceptors (Lipinski definition) is 3. The molecule has 0 fully saturated rings. The van der Waals surface area contributed by atoms with Crippen molar-refractivity contribution in [3.63, 3.8) is 0 Å². The maximum atomic E-state index is 4.07. The normalized spacial score (nSPS) is 10.3. The second kappa shape index (κ2) is 2.27. The summed E-state index contributed by atoms with van der Waals surface area (Å²) < 4.78 is 0. The van der Waals surface area contributed by atoms with E-state index in [-0.39, 0.29) is 0 Å². The van der Waals surface area contributed by atoms with Crippen molar-refractivity contribution in [1.82, 2.24) is 15.0 Å². The van der Waals surface area contributed by atoms with Crippen molar-refractivity contribution in [2.45, 2.75) is 6.92 Å². The molecule has 2 heterocycles. The first-order valence-corrected chi connectivity index (χ1v) is 3.39. The molecule has 0 radical (unpaired) electrons. The van der Waals surface area contributed by atoms with E-state index in [4.69, 9.17) is 0 Å². The second-order valence-electron chi connectivity index (χ2n) is 2.35. The summed E-state index contributed by atoms with van der Waals surface area (Å²) in [5, 5.41) is 1.07. The molecular weight excluding hydrogens is 138 g/mol. The molecule has 11 heavy (non-hydrogen) atoms. The Morgan fingerprint density at radius 1 is 1.27 bits per heavy atom. The molecule has 0 aliphatic rings. The third kappa shape index (κ3) is 0.941. The van der Waals surface area contributed by atoms with Gasteiger partial charge in [-0.05, 0) is 13.0 Å². The largest absolute Gasteiger partial charge is 0.262 e. The molecule has 0 saturated carbocycles. The molecule has 2 aromatic rings. The molecule has 0 aromatic carbocycles. The predicted octanol–water partition coefficient (Wildman–Crippen LogP) is 1.33. The van der Waals surface area contributed by atoms with E-state index in [0.29, 0.717) is 0 Å². The van der Waals surface area contributed by atoms with Gasteiger partial charge in [0.05, 0.1) is 11.7 Å². The van der Waals surface area contributed by atoms with E-state index in [0.717, 1.165) is 16.6 Å². The Kier molecular flexibility index (Phi) is 1.28. The zero-order chi connectivity index (χ0) is 7.68. The summed E-state index contributed by atoms with van der Waals surface area (Å²) in [6.45, 7) is 1.96. The first-order chi connectivity index (χ1) is 5.38. The van der Waals surface area contributed by atoms with Crippen LogP contribution in [0.5, 0.6) is 0 Å². The number of pyridine rings is 1. The highest BCUT2D eigenvalue weighted by Crippen LogP contribution is 2.10. The second-order valence-corrected chi connectivity index (χ2v) is 2.35. The lowest BCUT2D eigenvalue weighted by atomic mass is 10.2. The Bertz CT molecular complexity index is 378. The third-order valence-corrected chi connectivity index (χ3v) is 1.64. The minimum Gasteiger partial charge on any atom is -0.262 e. The third-order valence-electron chi connectivity index (χ3n) is 1.64. The summed E-state index contributed by atoms with van der Waals surface area (Å²) in [5.74, 6) is 0. The number of aryl methyl sites for hydroxylation is 1. The van der Waals surface area contributed by atoms with E-state index in [1.807, 2.05) is 13.0 Å². The molecule has 0 N–H and O–H groups in total. The average molecular weight is 145 g/mol. The number of aromatic nitrogens is 3. The van der Waals surface area contributed by atoms with Gasteiger partial charge in [-0.2, -0.15) is 0 Å². The highest BCUT2D eigenvalue weighted by atomic mass is 14.8. The van der Waals surface area contributed by atoms with Gasteiger partial charge in [0.25, 0.3) is 0 Å². The molecule has 0 aliphatic heterocycles. The summed E-state index contributed by atoms with van der Waals surface area (Å²) in [4.78, 5) is 12.1. The van der Waals surface area contributed by atoms with Crippen LogP contribution >= 0.6 is 0 Å². The van der Waals surface area contributed by atoms with E-state index >= 15 is 0 Å². The fraction of sp³-hybridized carbons (Fsp3) is 0.125. The molecule has 2 aromatic heterocycles. The van der Waals surface area contributed by atoms with Crippen LogP contribution in [0.25, 0.3) is 10.9 Å². The van der Waals surface area contributed by atoms with Crippen LogP contribution < -0.4 is 0 Å². The van der Waals surface area contributed by atoms with Crippen LogP contribution in [0.15, 0.2) is 24.8 Å². The summed E-state index contributed by atoms with van der Waals surface area (Å²) in [6, 6.07) is 1.92. The lowest BCUT2D eigenvalue weighted by Gasteiger charge is -1.96. The van der Waals surface area contributed by atoms with Crippen molar-refractivity contribution in [1.29, 1.82) is 0 Å². The fourth-order valence-electron chi connectivity index (χ4n) is 1.04. The molecule has 2 rings (SSSR count). The first-order valence-electron chi connectivity index (χ1n) is 3.39. The molecule has 0 spiro atoms. The first kappa shape index (κ1) is 6.22. The van der Waals surface area contributed by atoms with Gasteiger partial charge in [0, 0.05) is 17.3 Å². The molecular formula is C8H7N3. The standard InChI is InChI=1S/C8H7N3/c1-6-7-2-3-9-4-8(7)11-5-10-6/h2-5H,1H3. The Hall–Kier alpha value is -1.51. The summed E-state index contributed by atoms with van der Waals surface area (Å²) >= 11 is 0. The van der Waals surface area contributed by atoms with Gasteiger partial charge in [0.2, 0.25) is 0 Å². The van der Waals surface area contributed by atoms with Crippen LogP contribution in [0.4, 0.5) is 0 Å². The Morgan fingerprint density at radius 2 is 2.18 bits per heavy atom. The lowest BCUT2D eigenvalue weighted by molar-refractivity contribution is 1.14. The maximum Gasteiger partial charge on any atom is 0.116 e. The molecule has 54 valence electrons. The van der Waals surface area contributed by atoms with E-state index in [1.165, 1.54) is 0 Å². The molecule has 0 bridgehead atoms. The smallest absolute Gasteiger partial charge is 0.116 e. The van der Waals surface area contributed by atoms with Crippen LogP contribution in [0.3, 0.4) is 0 Å². The van der Waals surface area contributed by atoms with Crippen molar-refractivity contribution >= 4 is 10.9 Å². The molecule has 3 nitrogen and oxygen atoms in total. The molecule has 0 amide bonds. The van der Waals surface area contributed by atoms with Gasteiger partial charge < -0.3 is 0 Å². The van der Waals surface area contributed by atoms with Gasteiger partial charge in [-0.3, -0.25) is 4.98 Å². The molecule has 0 aliphatic carbocycles. The minimum atomic E-state index is 0.903. The molecule has 3 heteroatoms. The maximum absolute atomic E-state index is 4.07. The van der Waals surface area contributed by atoms with Gasteiger partial charge in [-0.15, -0.1) is 0 Å². The van der Waals surface area contributed by atoms with Crippen LogP contribution in [-0.2, 0) is 0 Å². The van der Waals surface area contributed by atoms with Gasteiger partial charge in [-0.1, -0.05) is 0 Å². The number of fused-ring (bicyclic) bond motifs is 1. The van der Waals surface area contributed by atoms with Crippen molar-refractivity contribution in [3.8, 4) is 0 Å². The molecule has 0 saturated heterocycles. The highest BCUT2D eigenvalue weighted by molar-refractivity contribution is 5.78. The van der Waals surface area contributed by atoms with E-state index in [2.05, 4.69) is 15.0 Å². The van der Waals surface area contributed by atoms with Crippen LogP contribution in [0.1, 0.15) is 5.69 Å². The monoisotopic (exact) mass is 145 g/mol. The van der Waals surface area contributed by atoms with Gasteiger partial charge in [0.1, 0.15) is 6.33 Å². The summed E-state index contributed by atoms with van der Waals surface area (Å²) in [6.07, 6.45) is 5.04. The Morgan fingerprint density at radius 3 is 3.00 bits per heavy atom. The van der Waals surface area contributed by atoms with Crippen LogP contribution in [-0.4, -0.2) is 15.0 Å². The average Bonchev–Trinajstić information content (AvgIpc) is 2.06. The van der Waals surface area contributed by atoms with Gasteiger partial charge in [-0.25, -0.2) is 9.97 Å². The van der Waals surface area contributed by atoms with Crippen molar-refractivity contribution in [2.24, 2.45) is 0 Å².